The lowest BCUT2D eigenvalue weighted by atomic mass is 9.90. The SMILES string of the molecule is CCOC(=O)N1CCC(NC(=O)c2cccc([C@H]3CCCNC3)c2)CC1. The third kappa shape index (κ3) is 4.75. The molecule has 2 heterocycles. The first-order valence-electron chi connectivity index (χ1n) is 9.70. The maximum Gasteiger partial charge on any atom is 0.409 e. The van der Waals surface area contributed by atoms with Crippen molar-refractivity contribution in [2.45, 2.75) is 44.6 Å². The van der Waals surface area contributed by atoms with E-state index in [0.717, 1.165) is 31.5 Å². The molecule has 2 N–H and O–H groups in total. The van der Waals surface area contributed by atoms with E-state index in [1.807, 2.05) is 25.1 Å². The molecule has 6 heteroatoms. The highest BCUT2D eigenvalue weighted by Crippen LogP contribution is 2.24. The van der Waals surface area contributed by atoms with Gasteiger partial charge in [0, 0.05) is 31.2 Å². The van der Waals surface area contributed by atoms with Crippen LogP contribution in [0.3, 0.4) is 0 Å². The van der Waals surface area contributed by atoms with Crippen LogP contribution in [0.4, 0.5) is 4.79 Å². The number of nitrogens with one attached hydrogen (secondary N) is 2. The van der Waals surface area contributed by atoms with E-state index >= 15 is 0 Å². The third-order valence-corrected chi connectivity index (χ3v) is 5.27. The normalized spacial score (nSPS) is 21.3. The van der Waals surface area contributed by atoms with E-state index in [0.29, 0.717) is 25.6 Å². The highest BCUT2D eigenvalue weighted by molar-refractivity contribution is 5.94. The molecule has 6 nitrogen and oxygen atoms in total. The molecule has 0 bridgehead atoms. The zero-order valence-corrected chi connectivity index (χ0v) is 15.5. The summed E-state index contributed by atoms with van der Waals surface area (Å²) in [7, 11) is 0. The largest absolute Gasteiger partial charge is 0.450 e. The Bertz CT molecular complexity index is 620. The zero-order chi connectivity index (χ0) is 18.4. The Morgan fingerprint density at radius 1 is 1.27 bits per heavy atom. The molecule has 0 saturated carbocycles. The number of piperidine rings is 2. The molecule has 2 amide bonds. The molecule has 2 fully saturated rings. The number of hydrogen-bond acceptors (Lipinski definition) is 4. The second-order valence-electron chi connectivity index (χ2n) is 7.10. The van der Waals surface area contributed by atoms with Crippen LogP contribution in [0.15, 0.2) is 24.3 Å². The van der Waals surface area contributed by atoms with Gasteiger partial charge >= 0.3 is 6.09 Å². The molecule has 0 aromatic heterocycles. The van der Waals surface area contributed by atoms with Crippen LogP contribution in [-0.4, -0.2) is 55.7 Å². The molecule has 0 aliphatic carbocycles. The quantitative estimate of drug-likeness (QED) is 0.867. The van der Waals surface area contributed by atoms with Crippen LogP contribution >= 0.6 is 0 Å². The summed E-state index contributed by atoms with van der Waals surface area (Å²) in [6.45, 7) is 5.51. The van der Waals surface area contributed by atoms with Crippen molar-refractivity contribution in [3.05, 3.63) is 35.4 Å². The van der Waals surface area contributed by atoms with Crippen molar-refractivity contribution in [3.63, 3.8) is 0 Å². The van der Waals surface area contributed by atoms with Crippen molar-refractivity contribution in [3.8, 4) is 0 Å². The predicted octanol–water partition coefficient (Wildman–Crippen LogP) is 2.50. The van der Waals surface area contributed by atoms with Gasteiger partial charge in [-0.2, -0.15) is 0 Å². The van der Waals surface area contributed by atoms with Crippen LogP contribution in [-0.2, 0) is 4.74 Å². The Hall–Kier alpha value is -2.08. The smallest absolute Gasteiger partial charge is 0.409 e. The van der Waals surface area contributed by atoms with Gasteiger partial charge in [0.25, 0.3) is 5.91 Å². The van der Waals surface area contributed by atoms with Crippen LogP contribution in [0, 0.1) is 0 Å². The van der Waals surface area contributed by atoms with E-state index in [4.69, 9.17) is 4.74 Å². The van der Waals surface area contributed by atoms with Crippen molar-refractivity contribution in [2.75, 3.05) is 32.8 Å². The van der Waals surface area contributed by atoms with Gasteiger partial charge in [-0.3, -0.25) is 4.79 Å². The molecule has 0 spiro atoms. The van der Waals surface area contributed by atoms with Gasteiger partial charge in [-0.1, -0.05) is 12.1 Å². The number of carbonyl (C=O) groups excluding carboxylic acids is 2. The van der Waals surface area contributed by atoms with Crippen LogP contribution < -0.4 is 10.6 Å². The van der Waals surface area contributed by atoms with Gasteiger partial charge in [0.1, 0.15) is 0 Å². The topological polar surface area (TPSA) is 70.7 Å². The number of hydrogen-bond donors (Lipinski definition) is 2. The molecule has 1 aromatic rings. The number of nitrogens with zero attached hydrogens (tertiary/aromatic N) is 1. The minimum absolute atomic E-state index is 0.0230. The summed E-state index contributed by atoms with van der Waals surface area (Å²) in [5, 5.41) is 6.55. The number of likely N-dealkylation sites (tertiary alicyclic amines) is 1. The molecule has 2 aliphatic heterocycles. The van der Waals surface area contributed by atoms with Crippen LogP contribution in [0.1, 0.15) is 54.4 Å². The zero-order valence-electron chi connectivity index (χ0n) is 15.5. The molecule has 1 aromatic carbocycles. The van der Waals surface area contributed by atoms with Crippen molar-refractivity contribution in [2.24, 2.45) is 0 Å². The summed E-state index contributed by atoms with van der Waals surface area (Å²) in [4.78, 5) is 26.1. The summed E-state index contributed by atoms with van der Waals surface area (Å²) < 4.78 is 5.03. The molecule has 0 radical (unpaired) electrons. The Morgan fingerprint density at radius 2 is 2.08 bits per heavy atom. The van der Waals surface area contributed by atoms with Gasteiger partial charge in [-0.05, 0) is 62.8 Å². The van der Waals surface area contributed by atoms with Crippen molar-refractivity contribution in [1.29, 1.82) is 0 Å². The van der Waals surface area contributed by atoms with E-state index in [1.54, 1.807) is 4.90 Å². The van der Waals surface area contributed by atoms with Crippen LogP contribution in [0.2, 0.25) is 0 Å². The van der Waals surface area contributed by atoms with Crippen LogP contribution in [0.25, 0.3) is 0 Å². The summed E-state index contributed by atoms with van der Waals surface area (Å²) in [5.74, 6) is 0.467. The average Bonchev–Trinajstić information content (AvgIpc) is 2.69. The van der Waals surface area contributed by atoms with Gasteiger partial charge < -0.3 is 20.3 Å². The van der Waals surface area contributed by atoms with E-state index in [-0.39, 0.29) is 18.0 Å². The molecule has 1 atom stereocenters. The summed E-state index contributed by atoms with van der Waals surface area (Å²) in [5.41, 5.74) is 1.96. The highest BCUT2D eigenvalue weighted by atomic mass is 16.6. The summed E-state index contributed by atoms with van der Waals surface area (Å²) >= 11 is 0. The molecule has 142 valence electrons. The minimum atomic E-state index is -0.258. The molecule has 0 unspecified atom stereocenters. The number of carbonyl (C=O) groups is 2. The van der Waals surface area contributed by atoms with Gasteiger partial charge in [-0.15, -0.1) is 0 Å². The maximum atomic E-state index is 12.6. The molecular weight excluding hydrogens is 330 g/mol. The van der Waals surface area contributed by atoms with Gasteiger partial charge in [0.15, 0.2) is 0 Å². The van der Waals surface area contributed by atoms with Gasteiger partial charge in [0.05, 0.1) is 6.61 Å². The van der Waals surface area contributed by atoms with Gasteiger partial charge in [-0.25, -0.2) is 4.79 Å². The lowest BCUT2D eigenvalue weighted by Gasteiger charge is -2.31. The second-order valence-corrected chi connectivity index (χ2v) is 7.10. The Kier molecular flexibility index (Phi) is 6.50. The average molecular weight is 359 g/mol. The number of rotatable bonds is 4. The fraction of sp³-hybridized carbons (Fsp3) is 0.600. The summed E-state index contributed by atoms with van der Waals surface area (Å²) in [6.07, 6.45) is 3.61. The lowest BCUT2D eigenvalue weighted by Crippen LogP contribution is -2.46. The van der Waals surface area contributed by atoms with Crippen molar-refractivity contribution in [1.82, 2.24) is 15.5 Å². The molecule has 26 heavy (non-hydrogen) atoms. The number of ether oxygens (including phenoxy) is 1. The monoisotopic (exact) mass is 359 g/mol. The predicted molar refractivity (Wildman–Crippen MR) is 100 cm³/mol. The van der Waals surface area contributed by atoms with E-state index in [9.17, 15) is 9.59 Å². The van der Waals surface area contributed by atoms with Crippen molar-refractivity contribution < 1.29 is 14.3 Å². The highest BCUT2D eigenvalue weighted by Gasteiger charge is 2.25. The van der Waals surface area contributed by atoms with E-state index < -0.39 is 0 Å². The number of benzene rings is 1. The minimum Gasteiger partial charge on any atom is -0.450 e. The number of amides is 2. The first-order chi connectivity index (χ1) is 12.7. The fourth-order valence-corrected chi connectivity index (χ4v) is 3.76. The van der Waals surface area contributed by atoms with E-state index in [2.05, 4.69) is 16.7 Å². The van der Waals surface area contributed by atoms with Crippen LogP contribution in [0.5, 0.6) is 0 Å². The molecule has 3 rings (SSSR count). The Morgan fingerprint density at radius 3 is 2.77 bits per heavy atom. The fourth-order valence-electron chi connectivity index (χ4n) is 3.76. The standard InChI is InChI=1S/C20H29N3O3/c1-2-26-20(25)23-11-8-18(9-12-23)22-19(24)16-6-3-5-15(13-16)17-7-4-10-21-14-17/h3,5-6,13,17-18,21H,2,4,7-12,14H2,1H3,(H,22,24)/t17-/m0/s1. The van der Waals surface area contributed by atoms with Gasteiger partial charge in [0.2, 0.25) is 0 Å². The summed E-state index contributed by atoms with van der Waals surface area (Å²) in [6, 6.07) is 8.10. The Balaban J connectivity index is 1.53. The molecular formula is C20H29N3O3. The third-order valence-electron chi connectivity index (χ3n) is 5.27. The first-order valence-corrected chi connectivity index (χ1v) is 9.70. The Labute approximate surface area is 155 Å². The maximum absolute atomic E-state index is 12.6. The van der Waals surface area contributed by atoms with E-state index in [1.165, 1.54) is 18.4 Å². The first kappa shape index (κ1) is 18.7. The molecule has 2 saturated heterocycles. The lowest BCUT2D eigenvalue weighted by molar-refractivity contribution is 0.0860. The second kappa shape index (κ2) is 9.03. The van der Waals surface area contributed by atoms with Crippen molar-refractivity contribution >= 4 is 12.0 Å². The molecule has 2 aliphatic rings.